The first-order chi connectivity index (χ1) is 12.7. The number of hydrogen-bond acceptors (Lipinski definition) is 0. The molecule has 0 aromatic heterocycles. The minimum absolute atomic E-state index is 0.0756. The van der Waals surface area contributed by atoms with Crippen LogP contribution in [0.5, 0.6) is 0 Å². The molecule has 4 heteroatoms. The van der Waals surface area contributed by atoms with Crippen molar-refractivity contribution in [3.8, 4) is 0 Å². The molecule has 0 heterocycles. The second-order valence-electron chi connectivity index (χ2n) is 9.00. The quantitative estimate of drug-likeness (QED) is 0.292. The van der Waals surface area contributed by atoms with Gasteiger partial charge in [0.1, 0.15) is 0 Å². The van der Waals surface area contributed by atoms with Gasteiger partial charge in [-0.05, 0) is 0 Å². The number of rotatable bonds is 4. The summed E-state index contributed by atoms with van der Waals surface area (Å²) in [7, 11) is 13.8. The van der Waals surface area contributed by atoms with E-state index in [1.54, 1.807) is 21.9 Å². The Labute approximate surface area is 182 Å². The molecule has 1 atom stereocenters. The Bertz CT molecular complexity index is 791. The van der Waals surface area contributed by atoms with Crippen LogP contribution in [0, 0.1) is 5.41 Å². The maximum atomic E-state index is 7.12. The summed E-state index contributed by atoms with van der Waals surface area (Å²) >= 11 is -2.89. The van der Waals surface area contributed by atoms with Crippen molar-refractivity contribution in [3.05, 3.63) is 46.1 Å². The molecule has 1 unspecified atom stereocenters. The molecule has 0 aromatic rings. The molecule has 0 saturated carbocycles. The van der Waals surface area contributed by atoms with Gasteiger partial charge >= 0.3 is 184 Å². The van der Waals surface area contributed by atoms with Crippen molar-refractivity contribution in [3.63, 3.8) is 0 Å². The predicted octanol–water partition coefficient (Wildman–Crippen LogP) is 8.10. The van der Waals surface area contributed by atoms with Crippen molar-refractivity contribution in [1.82, 2.24) is 0 Å². The molecular formula is C23H33Cl2HfSi. The van der Waals surface area contributed by atoms with Gasteiger partial charge in [-0.25, -0.2) is 0 Å². The molecule has 0 bridgehead atoms. The Morgan fingerprint density at radius 1 is 1.19 bits per heavy atom. The summed E-state index contributed by atoms with van der Waals surface area (Å²) in [4.78, 5) is 0. The van der Waals surface area contributed by atoms with Crippen LogP contribution < -0.4 is 0 Å². The molecule has 0 saturated heterocycles. The van der Waals surface area contributed by atoms with E-state index < -0.39 is 27.5 Å². The van der Waals surface area contributed by atoms with Gasteiger partial charge in [0.2, 0.25) is 0 Å². The summed E-state index contributed by atoms with van der Waals surface area (Å²) in [5.74, 6) is 0. The normalized spacial score (nSPS) is 27.1. The Kier molecular flexibility index (Phi) is 6.84. The first-order valence-corrected chi connectivity index (χ1v) is 23.6. The van der Waals surface area contributed by atoms with Crippen LogP contribution >= 0.6 is 17.2 Å². The van der Waals surface area contributed by atoms with Crippen LogP contribution in [0.1, 0.15) is 66.2 Å². The Hall–Kier alpha value is 0.497. The molecule has 3 aliphatic rings. The molecule has 0 N–H and O–H groups in total. The van der Waals surface area contributed by atoms with E-state index in [9.17, 15) is 0 Å². The zero-order valence-electron chi connectivity index (χ0n) is 17.7. The Morgan fingerprint density at radius 2 is 1.89 bits per heavy atom. The van der Waals surface area contributed by atoms with Crippen LogP contribution in [0.25, 0.3) is 0 Å². The molecule has 3 rings (SSSR count). The van der Waals surface area contributed by atoms with Crippen molar-refractivity contribution < 1.29 is 19.1 Å². The molecule has 3 aliphatic carbocycles. The van der Waals surface area contributed by atoms with Crippen LogP contribution in [0.2, 0.25) is 16.3 Å². The van der Waals surface area contributed by atoms with E-state index in [-0.39, 0.29) is 8.59 Å². The van der Waals surface area contributed by atoms with E-state index >= 15 is 0 Å². The van der Waals surface area contributed by atoms with Gasteiger partial charge in [0.25, 0.3) is 0 Å². The third kappa shape index (κ3) is 3.39. The predicted molar refractivity (Wildman–Crippen MR) is 121 cm³/mol. The number of hydrogen-bond donors (Lipinski definition) is 0. The summed E-state index contributed by atoms with van der Waals surface area (Å²) in [6, 6.07) is 0. The summed E-state index contributed by atoms with van der Waals surface area (Å²) in [5, 5.41) is 1.80. The first kappa shape index (κ1) is 22.2. The third-order valence-corrected chi connectivity index (χ3v) is 19.0. The molecule has 0 spiro atoms. The summed E-state index contributed by atoms with van der Waals surface area (Å²) in [6.45, 7) is 14.6. The van der Waals surface area contributed by atoms with E-state index in [0.29, 0.717) is 0 Å². The van der Waals surface area contributed by atoms with Crippen molar-refractivity contribution in [1.29, 1.82) is 0 Å². The average molecular weight is 587 g/mol. The van der Waals surface area contributed by atoms with E-state index in [4.69, 9.17) is 17.2 Å². The number of allylic oxidation sites excluding steroid dienone is 8. The molecule has 0 aliphatic heterocycles. The van der Waals surface area contributed by atoms with Gasteiger partial charge in [-0.1, -0.05) is 0 Å². The van der Waals surface area contributed by atoms with Crippen molar-refractivity contribution in [2.45, 2.75) is 82.5 Å². The first-order valence-electron chi connectivity index (χ1n) is 10.4. The van der Waals surface area contributed by atoms with Crippen LogP contribution in [-0.4, -0.2) is 13.6 Å². The fraction of sp³-hybridized carbons (Fsp3) is 0.609. The van der Waals surface area contributed by atoms with Crippen molar-refractivity contribution >= 4 is 30.7 Å². The fourth-order valence-corrected chi connectivity index (χ4v) is 19.0. The molecule has 0 nitrogen and oxygen atoms in total. The van der Waals surface area contributed by atoms with Crippen LogP contribution in [0.4, 0.5) is 0 Å². The van der Waals surface area contributed by atoms with E-state index in [2.05, 4.69) is 59.0 Å². The molecule has 147 valence electrons. The fourth-order valence-electron chi connectivity index (χ4n) is 6.05. The Balaban J connectivity index is 2.35. The number of halogens is 2. The van der Waals surface area contributed by atoms with E-state index in [1.165, 1.54) is 30.4 Å². The van der Waals surface area contributed by atoms with Crippen LogP contribution in [0.3, 0.4) is 0 Å². The maximum absolute atomic E-state index is 7.12. The molecule has 0 aromatic carbocycles. The minimum atomic E-state index is -2.89. The summed E-state index contributed by atoms with van der Waals surface area (Å²) in [6.07, 6.45) is 13.9. The monoisotopic (exact) mass is 587 g/mol. The molecule has 27 heavy (non-hydrogen) atoms. The average Bonchev–Trinajstić information content (AvgIpc) is 3.14. The van der Waals surface area contributed by atoms with Gasteiger partial charge in [-0.15, -0.1) is 0 Å². The van der Waals surface area contributed by atoms with Gasteiger partial charge in [-0.3, -0.25) is 0 Å². The van der Waals surface area contributed by atoms with Crippen molar-refractivity contribution in [2.24, 2.45) is 5.41 Å². The molecular weight excluding hydrogens is 554 g/mol. The van der Waals surface area contributed by atoms with Crippen molar-refractivity contribution in [2.75, 3.05) is 0 Å². The van der Waals surface area contributed by atoms with E-state index in [1.807, 2.05) is 0 Å². The second-order valence-corrected chi connectivity index (χ2v) is 23.9. The zero-order valence-corrected chi connectivity index (χ0v) is 23.8. The standard InChI is InChI=1S/C23H33Si.2ClH.Hf/c1-7-11-18-16(2)22-19(21(18)17-12-8-9-13-17)14-10-15-20(24(5)6)23(22,3)4;;;/h8-9,12H,7,10-11,13-15H2,1-6H3;2*1H;/q;;;+2/p-2. The second kappa shape index (κ2) is 8.32. The summed E-state index contributed by atoms with van der Waals surface area (Å²) in [5.41, 5.74) is 8.04. The van der Waals surface area contributed by atoms with Crippen LogP contribution in [-0.2, 0) is 19.1 Å². The van der Waals surface area contributed by atoms with Gasteiger partial charge in [0.05, 0.1) is 0 Å². The molecule has 0 radical (unpaired) electrons. The topological polar surface area (TPSA) is 0 Å². The van der Waals surface area contributed by atoms with Gasteiger partial charge in [0.15, 0.2) is 0 Å². The Morgan fingerprint density at radius 3 is 2.41 bits per heavy atom. The summed E-state index contributed by atoms with van der Waals surface area (Å²) < 4.78 is -0.0756. The third-order valence-electron chi connectivity index (χ3n) is 6.91. The van der Waals surface area contributed by atoms with Gasteiger partial charge in [0, 0.05) is 0 Å². The van der Waals surface area contributed by atoms with Crippen LogP contribution in [0.15, 0.2) is 46.1 Å². The molecule has 0 amide bonds. The molecule has 0 fully saturated rings. The zero-order chi connectivity index (χ0) is 20.0. The van der Waals surface area contributed by atoms with Gasteiger partial charge in [-0.2, -0.15) is 0 Å². The van der Waals surface area contributed by atoms with Gasteiger partial charge < -0.3 is 0 Å². The van der Waals surface area contributed by atoms with E-state index in [0.717, 1.165) is 19.3 Å². The SMILES string of the molecule is CCCC1=C(C)C2=C(CCCC(=[Si](C)C)C2(C)C)[C]1(C1=CC=CC1)[Hf]([Cl])[Cl].